The first-order valence-electron chi connectivity index (χ1n) is 33.9. The number of unbranched alkanes of at least 4 members (excludes halogenated alkanes) is 29. The fourth-order valence-corrected chi connectivity index (χ4v) is 11.2. The van der Waals surface area contributed by atoms with Crippen LogP contribution in [-0.2, 0) is 65.4 Å². The number of hydrogen-bond acceptors (Lipinski definition) is 15. The van der Waals surface area contributed by atoms with Gasteiger partial charge in [-0.1, -0.05) is 267 Å². The van der Waals surface area contributed by atoms with E-state index in [1.807, 2.05) is 0 Å². The number of rotatable bonds is 63. The molecule has 0 aromatic rings. The van der Waals surface area contributed by atoms with Crippen LogP contribution in [0.4, 0.5) is 0 Å². The van der Waals surface area contributed by atoms with Gasteiger partial charge in [0.15, 0.2) is 12.2 Å². The Morgan fingerprint density at radius 1 is 0.345 bits per heavy atom. The molecule has 498 valence electrons. The predicted molar refractivity (Wildman–Crippen MR) is 335 cm³/mol. The van der Waals surface area contributed by atoms with Gasteiger partial charge in [0.2, 0.25) is 0 Å². The topological polar surface area (TPSA) is 237 Å². The normalized spacial score (nSPS) is 15.0. The molecule has 0 saturated carbocycles. The summed E-state index contributed by atoms with van der Waals surface area (Å²) in [4.78, 5) is 72.2. The summed E-state index contributed by atoms with van der Waals surface area (Å²) in [6.45, 7) is 11.7. The van der Waals surface area contributed by atoms with Crippen LogP contribution in [0.5, 0.6) is 0 Å². The summed E-state index contributed by atoms with van der Waals surface area (Å²) < 4.78 is 68.0. The van der Waals surface area contributed by atoms with E-state index in [9.17, 15) is 43.2 Å². The lowest BCUT2D eigenvalue weighted by atomic mass is 10.00. The van der Waals surface area contributed by atoms with Crippen LogP contribution >= 0.6 is 15.6 Å². The molecule has 0 aliphatic carbocycles. The molecule has 17 nitrogen and oxygen atoms in total. The van der Waals surface area contributed by atoms with Gasteiger partial charge in [-0.2, -0.15) is 0 Å². The second-order valence-corrected chi connectivity index (χ2v) is 27.4. The number of aliphatic hydroxyl groups is 1. The van der Waals surface area contributed by atoms with Gasteiger partial charge < -0.3 is 33.8 Å². The molecule has 0 radical (unpaired) electrons. The molecule has 0 spiro atoms. The van der Waals surface area contributed by atoms with Gasteiger partial charge in [-0.15, -0.1) is 0 Å². The first kappa shape index (κ1) is 82.1. The van der Waals surface area contributed by atoms with Crippen molar-refractivity contribution < 1.29 is 80.2 Å². The molecule has 3 N–H and O–H groups in total. The van der Waals surface area contributed by atoms with Gasteiger partial charge in [-0.25, -0.2) is 9.13 Å². The third-order valence-electron chi connectivity index (χ3n) is 15.6. The van der Waals surface area contributed by atoms with Crippen LogP contribution in [0.25, 0.3) is 0 Å². The third kappa shape index (κ3) is 56.6. The summed E-state index contributed by atoms with van der Waals surface area (Å²) in [6.07, 6.45) is 37.6. The van der Waals surface area contributed by atoms with Crippen LogP contribution in [0.3, 0.4) is 0 Å². The molecule has 0 amide bonds. The van der Waals surface area contributed by atoms with E-state index in [1.165, 1.54) is 122 Å². The second-order valence-electron chi connectivity index (χ2n) is 24.5. The van der Waals surface area contributed by atoms with Crippen LogP contribution in [0, 0.1) is 17.8 Å². The molecule has 19 heteroatoms. The Labute approximate surface area is 511 Å². The van der Waals surface area contributed by atoms with Gasteiger partial charge in [0.25, 0.3) is 0 Å². The molecule has 0 aliphatic heterocycles. The lowest BCUT2D eigenvalue weighted by Crippen LogP contribution is -2.30. The molecule has 84 heavy (non-hydrogen) atoms. The number of phosphoric ester groups is 2. The van der Waals surface area contributed by atoms with Gasteiger partial charge in [-0.05, 0) is 43.4 Å². The molecule has 0 aromatic heterocycles. The smallest absolute Gasteiger partial charge is 0.462 e. The Morgan fingerprint density at radius 3 is 0.905 bits per heavy atom. The zero-order chi connectivity index (χ0) is 62.4. The molecule has 7 atom stereocenters. The van der Waals surface area contributed by atoms with Crippen LogP contribution in [0.15, 0.2) is 0 Å². The predicted octanol–water partition coefficient (Wildman–Crippen LogP) is 17.9. The van der Waals surface area contributed by atoms with Crippen LogP contribution < -0.4 is 0 Å². The largest absolute Gasteiger partial charge is 0.472 e. The van der Waals surface area contributed by atoms with Crippen molar-refractivity contribution in [2.24, 2.45) is 17.8 Å². The first-order chi connectivity index (χ1) is 40.3. The molecule has 0 bridgehead atoms. The summed E-state index contributed by atoms with van der Waals surface area (Å²) in [6, 6.07) is 0. The number of phosphoric acid groups is 2. The first-order valence-corrected chi connectivity index (χ1v) is 36.9. The average Bonchev–Trinajstić information content (AvgIpc) is 3.46. The highest BCUT2D eigenvalue weighted by molar-refractivity contribution is 7.47. The van der Waals surface area contributed by atoms with E-state index < -0.39 is 97.5 Å². The number of aliphatic hydroxyl groups excluding tert-OH is 1. The Bertz CT molecular complexity index is 1670. The Hall–Kier alpha value is -1.94. The minimum Gasteiger partial charge on any atom is -0.462 e. The maximum Gasteiger partial charge on any atom is 0.472 e. The van der Waals surface area contributed by atoms with Gasteiger partial charge in [0, 0.05) is 25.7 Å². The Balaban J connectivity index is 5.25. The summed E-state index contributed by atoms with van der Waals surface area (Å²) >= 11 is 0. The zero-order valence-corrected chi connectivity index (χ0v) is 56.1. The van der Waals surface area contributed by atoms with Gasteiger partial charge in [-0.3, -0.25) is 37.3 Å². The minimum atomic E-state index is -4.95. The zero-order valence-electron chi connectivity index (χ0n) is 54.4. The van der Waals surface area contributed by atoms with Crippen molar-refractivity contribution in [1.82, 2.24) is 0 Å². The van der Waals surface area contributed by atoms with Crippen molar-refractivity contribution in [3.8, 4) is 0 Å². The molecule has 0 fully saturated rings. The monoisotopic (exact) mass is 1240 g/mol. The highest BCUT2D eigenvalue weighted by atomic mass is 31.2. The number of hydrogen-bond donors (Lipinski definition) is 3. The Kier molecular flexibility index (Phi) is 55.0. The average molecular weight is 1240 g/mol. The fourth-order valence-electron chi connectivity index (χ4n) is 9.59. The maximum absolute atomic E-state index is 13.0. The third-order valence-corrected chi connectivity index (χ3v) is 17.5. The highest BCUT2D eigenvalue weighted by Crippen LogP contribution is 2.45. The summed E-state index contributed by atoms with van der Waals surface area (Å²) in [7, 11) is -9.89. The number of carbonyl (C=O) groups is 4. The van der Waals surface area contributed by atoms with E-state index >= 15 is 0 Å². The van der Waals surface area contributed by atoms with E-state index in [4.69, 9.17) is 37.0 Å². The van der Waals surface area contributed by atoms with Crippen molar-refractivity contribution in [2.75, 3.05) is 39.6 Å². The number of esters is 4. The SMILES string of the molecule is CCCCCCCCCCCCC(=O)OC[C@H](COP(=O)(O)OC[C@H](O)COP(=O)(O)OC[C@@H](COC(=O)CCCCCCCCC(C)CC)OC(=O)CCCCCCCCCCCCCC(C)C)OC(=O)CCCCCCCCC(C)CC. The number of ether oxygens (including phenoxy) is 4. The minimum absolute atomic E-state index is 0.103. The van der Waals surface area contributed by atoms with Crippen molar-refractivity contribution in [3.05, 3.63) is 0 Å². The molecular formula is C65H126O17P2. The molecule has 4 unspecified atom stereocenters. The van der Waals surface area contributed by atoms with Gasteiger partial charge >= 0.3 is 39.5 Å². The lowest BCUT2D eigenvalue weighted by Gasteiger charge is -2.21. The quantitative estimate of drug-likeness (QED) is 0.0222. The molecule has 0 rings (SSSR count). The van der Waals surface area contributed by atoms with Gasteiger partial charge in [0.05, 0.1) is 26.4 Å². The van der Waals surface area contributed by atoms with Crippen molar-refractivity contribution >= 4 is 39.5 Å². The summed E-state index contributed by atoms with van der Waals surface area (Å²) in [5, 5.41) is 10.5. The van der Waals surface area contributed by atoms with Crippen LogP contribution in [0.1, 0.15) is 318 Å². The summed E-state index contributed by atoms with van der Waals surface area (Å²) in [5.74, 6) is 0.0791. The highest BCUT2D eigenvalue weighted by Gasteiger charge is 2.30. The maximum atomic E-state index is 13.0. The van der Waals surface area contributed by atoms with Crippen molar-refractivity contribution in [3.63, 3.8) is 0 Å². The van der Waals surface area contributed by atoms with Crippen LogP contribution in [-0.4, -0.2) is 96.7 Å². The van der Waals surface area contributed by atoms with Crippen molar-refractivity contribution in [1.29, 1.82) is 0 Å². The van der Waals surface area contributed by atoms with E-state index in [0.717, 1.165) is 114 Å². The second kappa shape index (κ2) is 56.3. The Morgan fingerprint density at radius 2 is 0.607 bits per heavy atom. The fraction of sp³-hybridized carbons (Fsp3) is 0.938. The molecule has 0 aromatic carbocycles. The van der Waals surface area contributed by atoms with Crippen molar-refractivity contribution in [2.45, 2.75) is 336 Å². The standard InChI is InChI=1S/C65H126O17P2/c1-8-11-12-13-14-15-20-23-32-39-46-62(67)75-52-61(82-65(70)49-42-35-28-26-31-38-45-58(7)10-3)55-80-84(73,74)78-51-59(66)50-77-83(71,72)79-54-60(53-76-63(68)47-40-33-27-25-30-37-44-57(6)9-2)81-64(69)48-41-34-24-21-18-16-17-19-22-29-36-43-56(4)5/h56-61,66H,8-55H2,1-7H3,(H,71,72)(H,73,74)/t57?,58?,59-,60-,61-/m1/s1. The van der Waals surface area contributed by atoms with E-state index in [2.05, 4.69) is 48.5 Å². The van der Waals surface area contributed by atoms with E-state index in [1.54, 1.807) is 0 Å². The lowest BCUT2D eigenvalue weighted by molar-refractivity contribution is -0.161. The van der Waals surface area contributed by atoms with E-state index in [0.29, 0.717) is 25.7 Å². The molecule has 0 saturated heterocycles. The molecule has 0 heterocycles. The molecular weight excluding hydrogens is 1110 g/mol. The van der Waals surface area contributed by atoms with Crippen LogP contribution in [0.2, 0.25) is 0 Å². The number of carbonyl (C=O) groups excluding carboxylic acids is 4. The van der Waals surface area contributed by atoms with E-state index in [-0.39, 0.29) is 25.7 Å². The summed E-state index contributed by atoms with van der Waals surface area (Å²) in [5.41, 5.74) is 0. The van der Waals surface area contributed by atoms with Gasteiger partial charge in [0.1, 0.15) is 19.3 Å². The molecule has 0 aliphatic rings.